The Balaban J connectivity index is 2.03. The average Bonchev–Trinajstić information content (AvgIpc) is 2.75. The van der Waals surface area contributed by atoms with E-state index in [4.69, 9.17) is 5.73 Å². The lowest BCUT2D eigenvalue weighted by atomic mass is 9.83. The van der Waals surface area contributed by atoms with Crippen molar-refractivity contribution in [3.8, 4) is 0 Å². The SMILES string of the molecule is Cn1cc(C(N)C(=O)C2CCCCC2)cn1. The third-order valence-electron chi connectivity index (χ3n) is 3.40. The highest BCUT2D eigenvalue weighted by atomic mass is 16.1. The molecule has 4 heteroatoms. The monoisotopic (exact) mass is 221 g/mol. The number of aryl methyl sites for hydroxylation is 1. The van der Waals surface area contributed by atoms with E-state index < -0.39 is 6.04 Å². The molecule has 1 fully saturated rings. The summed E-state index contributed by atoms with van der Waals surface area (Å²) in [6, 6.07) is -0.489. The topological polar surface area (TPSA) is 60.9 Å². The number of hydrogen-bond acceptors (Lipinski definition) is 3. The van der Waals surface area contributed by atoms with Crippen molar-refractivity contribution in [1.82, 2.24) is 9.78 Å². The summed E-state index contributed by atoms with van der Waals surface area (Å²) < 4.78 is 1.68. The normalized spacial score (nSPS) is 19.6. The van der Waals surface area contributed by atoms with E-state index in [1.54, 1.807) is 10.9 Å². The molecular weight excluding hydrogens is 202 g/mol. The minimum absolute atomic E-state index is 0.170. The molecule has 2 N–H and O–H groups in total. The Morgan fingerprint density at radius 1 is 1.50 bits per heavy atom. The molecule has 0 saturated heterocycles. The van der Waals surface area contributed by atoms with Crippen LogP contribution in [0.15, 0.2) is 12.4 Å². The van der Waals surface area contributed by atoms with Crippen LogP contribution in [0.5, 0.6) is 0 Å². The highest BCUT2D eigenvalue weighted by Gasteiger charge is 2.27. The second-order valence-electron chi connectivity index (χ2n) is 4.66. The van der Waals surface area contributed by atoms with Crippen molar-refractivity contribution in [3.05, 3.63) is 18.0 Å². The number of carbonyl (C=O) groups is 1. The molecule has 88 valence electrons. The van der Waals surface area contributed by atoms with Gasteiger partial charge in [0.05, 0.1) is 12.2 Å². The Morgan fingerprint density at radius 3 is 2.75 bits per heavy atom. The van der Waals surface area contributed by atoms with E-state index in [2.05, 4.69) is 5.10 Å². The molecular formula is C12H19N3O. The van der Waals surface area contributed by atoms with Crippen molar-refractivity contribution in [2.75, 3.05) is 0 Å². The van der Waals surface area contributed by atoms with Crippen LogP contribution >= 0.6 is 0 Å². The number of hydrogen-bond donors (Lipinski definition) is 1. The molecule has 1 atom stereocenters. The van der Waals surface area contributed by atoms with Gasteiger partial charge in [0.1, 0.15) is 0 Å². The van der Waals surface area contributed by atoms with Crippen molar-refractivity contribution in [2.24, 2.45) is 18.7 Å². The Labute approximate surface area is 95.8 Å². The lowest BCUT2D eigenvalue weighted by Gasteiger charge is -2.22. The van der Waals surface area contributed by atoms with Gasteiger partial charge in [0.15, 0.2) is 5.78 Å². The fraction of sp³-hybridized carbons (Fsp3) is 0.667. The summed E-state index contributed by atoms with van der Waals surface area (Å²) >= 11 is 0. The van der Waals surface area contributed by atoms with E-state index in [-0.39, 0.29) is 11.7 Å². The summed E-state index contributed by atoms with van der Waals surface area (Å²) in [7, 11) is 1.83. The van der Waals surface area contributed by atoms with Crippen LogP contribution in [0.25, 0.3) is 0 Å². The summed E-state index contributed by atoms with van der Waals surface area (Å²) in [4.78, 5) is 12.1. The smallest absolute Gasteiger partial charge is 0.157 e. The first kappa shape index (κ1) is 11.3. The molecule has 16 heavy (non-hydrogen) atoms. The summed E-state index contributed by atoms with van der Waals surface area (Å²) in [5, 5.41) is 4.05. The molecule has 0 aromatic carbocycles. The molecule has 1 unspecified atom stereocenters. The third-order valence-corrected chi connectivity index (χ3v) is 3.40. The lowest BCUT2D eigenvalue weighted by molar-refractivity contribution is -0.125. The van der Waals surface area contributed by atoms with Gasteiger partial charge in [-0.1, -0.05) is 19.3 Å². The number of rotatable bonds is 3. The fourth-order valence-corrected chi connectivity index (χ4v) is 2.41. The molecule has 1 heterocycles. The van der Waals surface area contributed by atoms with Crippen LogP contribution in [0.1, 0.15) is 43.7 Å². The predicted molar refractivity (Wildman–Crippen MR) is 61.7 cm³/mol. The van der Waals surface area contributed by atoms with Crippen LogP contribution in [0, 0.1) is 5.92 Å². The Bertz CT molecular complexity index is 366. The first-order chi connectivity index (χ1) is 7.68. The van der Waals surface area contributed by atoms with Gasteiger partial charge in [0, 0.05) is 24.7 Å². The van der Waals surface area contributed by atoms with Gasteiger partial charge in [-0.05, 0) is 12.8 Å². The maximum absolute atomic E-state index is 12.1. The maximum atomic E-state index is 12.1. The van der Waals surface area contributed by atoms with Crippen molar-refractivity contribution >= 4 is 5.78 Å². The molecule has 1 saturated carbocycles. The number of Topliss-reactive ketones (excluding diaryl/α,β-unsaturated/α-hetero) is 1. The van der Waals surface area contributed by atoms with Crippen molar-refractivity contribution < 1.29 is 4.79 Å². The van der Waals surface area contributed by atoms with Gasteiger partial charge in [0.25, 0.3) is 0 Å². The van der Waals surface area contributed by atoms with Gasteiger partial charge in [-0.15, -0.1) is 0 Å². The van der Waals surface area contributed by atoms with Crippen molar-refractivity contribution in [3.63, 3.8) is 0 Å². The van der Waals surface area contributed by atoms with Gasteiger partial charge < -0.3 is 5.73 Å². The minimum atomic E-state index is -0.489. The Hall–Kier alpha value is -1.16. The molecule has 0 radical (unpaired) electrons. The summed E-state index contributed by atoms with van der Waals surface area (Å²) in [5.41, 5.74) is 6.81. The lowest BCUT2D eigenvalue weighted by Crippen LogP contribution is -2.29. The van der Waals surface area contributed by atoms with Crippen LogP contribution in [-0.2, 0) is 11.8 Å². The average molecular weight is 221 g/mol. The van der Waals surface area contributed by atoms with E-state index >= 15 is 0 Å². The quantitative estimate of drug-likeness (QED) is 0.842. The van der Waals surface area contributed by atoms with Gasteiger partial charge in [-0.2, -0.15) is 5.10 Å². The molecule has 0 amide bonds. The van der Waals surface area contributed by atoms with E-state index in [9.17, 15) is 4.79 Å². The maximum Gasteiger partial charge on any atom is 0.157 e. The third kappa shape index (κ3) is 2.32. The number of aromatic nitrogens is 2. The predicted octanol–water partition coefficient (Wildman–Crippen LogP) is 1.57. The van der Waals surface area contributed by atoms with Gasteiger partial charge >= 0.3 is 0 Å². The minimum Gasteiger partial charge on any atom is -0.318 e. The van der Waals surface area contributed by atoms with Gasteiger partial charge in [0.2, 0.25) is 0 Å². The molecule has 0 bridgehead atoms. The molecule has 0 aliphatic heterocycles. The standard InChI is InChI=1S/C12H19N3O/c1-15-8-10(7-14-15)11(13)12(16)9-5-3-2-4-6-9/h7-9,11H,2-6,13H2,1H3. The zero-order valence-electron chi connectivity index (χ0n) is 9.72. The number of nitrogens with two attached hydrogens (primary N) is 1. The molecule has 1 aromatic rings. The second kappa shape index (κ2) is 4.78. The number of nitrogens with zero attached hydrogens (tertiary/aromatic N) is 2. The molecule has 0 spiro atoms. The molecule has 1 aliphatic carbocycles. The molecule has 2 rings (SSSR count). The zero-order chi connectivity index (χ0) is 11.5. The molecule has 1 aromatic heterocycles. The largest absolute Gasteiger partial charge is 0.318 e. The van der Waals surface area contributed by atoms with Gasteiger partial charge in [-0.25, -0.2) is 0 Å². The summed E-state index contributed by atoms with van der Waals surface area (Å²) in [5.74, 6) is 0.358. The number of carbonyl (C=O) groups excluding carboxylic acids is 1. The Kier molecular flexibility index (Phi) is 3.39. The highest BCUT2D eigenvalue weighted by molar-refractivity contribution is 5.87. The molecule has 1 aliphatic rings. The summed E-state index contributed by atoms with van der Waals surface area (Å²) in [6.45, 7) is 0. The van der Waals surface area contributed by atoms with Crippen LogP contribution in [-0.4, -0.2) is 15.6 Å². The van der Waals surface area contributed by atoms with E-state index in [1.165, 1.54) is 6.42 Å². The van der Waals surface area contributed by atoms with E-state index in [0.717, 1.165) is 31.2 Å². The van der Waals surface area contributed by atoms with Crippen molar-refractivity contribution in [2.45, 2.75) is 38.1 Å². The summed E-state index contributed by atoms with van der Waals surface area (Å²) in [6.07, 6.45) is 9.11. The first-order valence-electron chi connectivity index (χ1n) is 5.96. The number of ketones is 1. The van der Waals surface area contributed by atoms with Crippen LogP contribution in [0.3, 0.4) is 0 Å². The van der Waals surface area contributed by atoms with E-state index in [0.29, 0.717) is 0 Å². The fourth-order valence-electron chi connectivity index (χ4n) is 2.41. The van der Waals surface area contributed by atoms with Crippen LogP contribution in [0.4, 0.5) is 0 Å². The van der Waals surface area contributed by atoms with Gasteiger partial charge in [-0.3, -0.25) is 9.48 Å². The van der Waals surface area contributed by atoms with E-state index in [1.807, 2.05) is 13.2 Å². The molecule has 4 nitrogen and oxygen atoms in total. The second-order valence-corrected chi connectivity index (χ2v) is 4.66. The first-order valence-corrected chi connectivity index (χ1v) is 5.96. The highest BCUT2D eigenvalue weighted by Crippen LogP contribution is 2.28. The van der Waals surface area contributed by atoms with Crippen LogP contribution < -0.4 is 5.73 Å². The Morgan fingerprint density at radius 2 is 2.19 bits per heavy atom. The van der Waals surface area contributed by atoms with Crippen molar-refractivity contribution in [1.29, 1.82) is 0 Å². The zero-order valence-corrected chi connectivity index (χ0v) is 9.72. The van der Waals surface area contributed by atoms with Crippen LogP contribution in [0.2, 0.25) is 0 Å².